The molecule has 4 nitrogen and oxygen atoms in total. The Labute approximate surface area is 121 Å². The quantitative estimate of drug-likeness (QED) is 0.667. The summed E-state index contributed by atoms with van der Waals surface area (Å²) in [6.07, 6.45) is 0. The number of halogens is 3. The van der Waals surface area contributed by atoms with E-state index in [0.717, 1.165) is 6.07 Å². The molecule has 0 radical (unpaired) electrons. The van der Waals surface area contributed by atoms with Gasteiger partial charge in [-0.2, -0.15) is 0 Å². The smallest absolute Gasteiger partial charge is 0.270 e. The van der Waals surface area contributed by atoms with Crippen LogP contribution in [0.25, 0.3) is 0 Å². The highest BCUT2D eigenvalue weighted by Crippen LogP contribution is 2.27. The molecule has 0 saturated heterocycles. The molecule has 0 amide bonds. The van der Waals surface area contributed by atoms with Crippen LogP contribution in [0.15, 0.2) is 40.9 Å². The van der Waals surface area contributed by atoms with Gasteiger partial charge in [0.1, 0.15) is 0 Å². The number of nitro groups is 1. The highest BCUT2D eigenvalue weighted by Gasteiger charge is 2.11. The van der Waals surface area contributed by atoms with Crippen molar-refractivity contribution in [2.75, 3.05) is 5.32 Å². The molecule has 0 heterocycles. The second-order valence-electron chi connectivity index (χ2n) is 3.99. The largest absolute Gasteiger partial charge is 0.380 e. The molecule has 0 aromatic heterocycles. The van der Waals surface area contributed by atoms with Crippen molar-refractivity contribution in [2.24, 2.45) is 0 Å². The number of benzene rings is 2. The predicted octanol–water partition coefficient (Wildman–Crippen LogP) is 4.25. The number of hydrogen-bond acceptors (Lipinski definition) is 3. The van der Waals surface area contributed by atoms with Crippen LogP contribution in [0.5, 0.6) is 0 Å². The van der Waals surface area contributed by atoms with Crippen LogP contribution >= 0.6 is 15.9 Å². The lowest BCUT2D eigenvalue weighted by atomic mass is 10.2. The van der Waals surface area contributed by atoms with Gasteiger partial charge in [0.2, 0.25) is 0 Å². The van der Waals surface area contributed by atoms with Gasteiger partial charge in [-0.3, -0.25) is 10.1 Å². The van der Waals surface area contributed by atoms with Crippen LogP contribution in [0.3, 0.4) is 0 Å². The van der Waals surface area contributed by atoms with Crippen molar-refractivity contribution < 1.29 is 13.7 Å². The fourth-order valence-corrected chi connectivity index (χ4v) is 2.14. The maximum atomic E-state index is 13.5. The molecule has 2 aromatic rings. The first kappa shape index (κ1) is 14.4. The first-order valence-electron chi connectivity index (χ1n) is 5.59. The van der Waals surface area contributed by atoms with Gasteiger partial charge in [-0.15, -0.1) is 0 Å². The third-order valence-corrected chi connectivity index (χ3v) is 3.32. The fourth-order valence-electron chi connectivity index (χ4n) is 1.64. The average molecular weight is 343 g/mol. The standard InChI is InChI=1S/C13H9BrF2N2O2/c14-10-6-9(18(19)20)4-5-12(10)17-7-8-2-1-3-11(15)13(8)16/h1-6,17H,7H2. The minimum absolute atomic E-state index is 0.0561. The number of nitro benzene ring substituents is 1. The van der Waals surface area contributed by atoms with E-state index >= 15 is 0 Å². The zero-order valence-electron chi connectivity index (χ0n) is 10.1. The third kappa shape index (κ3) is 3.11. The lowest BCUT2D eigenvalue weighted by molar-refractivity contribution is -0.384. The average Bonchev–Trinajstić information content (AvgIpc) is 2.41. The Morgan fingerprint density at radius 2 is 2.00 bits per heavy atom. The van der Waals surface area contributed by atoms with Crippen molar-refractivity contribution in [3.63, 3.8) is 0 Å². The van der Waals surface area contributed by atoms with Crippen LogP contribution in [-0.2, 0) is 6.54 Å². The Bertz CT molecular complexity index is 665. The summed E-state index contributed by atoms with van der Waals surface area (Å²) in [5.41, 5.74) is 0.675. The van der Waals surface area contributed by atoms with Gasteiger partial charge in [-0.1, -0.05) is 12.1 Å². The summed E-state index contributed by atoms with van der Waals surface area (Å²) < 4.78 is 27.0. The number of non-ortho nitro benzene ring substituents is 1. The molecule has 0 saturated carbocycles. The van der Waals surface area contributed by atoms with E-state index in [1.54, 1.807) is 0 Å². The fraction of sp³-hybridized carbons (Fsp3) is 0.0769. The molecule has 20 heavy (non-hydrogen) atoms. The molecule has 0 bridgehead atoms. The Morgan fingerprint density at radius 3 is 2.65 bits per heavy atom. The van der Waals surface area contributed by atoms with Gasteiger partial charge in [-0.25, -0.2) is 8.78 Å². The minimum Gasteiger partial charge on any atom is -0.380 e. The lowest BCUT2D eigenvalue weighted by Crippen LogP contribution is -2.04. The molecule has 0 atom stereocenters. The second-order valence-corrected chi connectivity index (χ2v) is 4.84. The van der Waals surface area contributed by atoms with Crippen molar-refractivity contribution in [2.45, 2.75) is 6.54 Å². The summed E-state index contributed by atoms with van der Waals surface area (Å²) in [5, 5.41) is 13.5. The Kier molecular flexibility index (Phi) is 4.29. The van der Waals surface area contributed by atoms with Gasteiger partial charge in [-0.05, 0) is 28.1 Å². The second kappa shape index (κ2) is 5.96. The highest BCUT2D eigenvalue weighted by molar-refractivity contribution is 9.10. The number of nitrogens with zero attached hydrogens (tertiary/aromatic N) is 1. The van der Waals surface area contributed by atoms with Crippen molar-refractivity contribution in [3.8, 4) is 0 Å². The summed E-state index contributed by atoms with van der Waals surface area (Å²) in [4.78, 5) is 10.1. The zero-order chi connectivity index (χ0) is 14.7. The van der Waals surface area contributed by atoms with Crippen LogP contribution in [0.4, 0.5) is 20.2 Å². The van der Waals surface area contributed by atoms with Gasteiger partial charge in [0.25, 0.3) is 5.69 Å². The summed E-state index contributed by atoms with van der Waals surface area (Å²) in [6.45, 7) is 0.0694. The molecule has 1 N–H and O–H groups in total. The van der Waals surface area contributed by atoms with E-state index in [2.05, 4.69) is 21.2 Å². The van der Waals surface area contributed by atoms with E-state index in [1.165, 1.54) is 30.3 Å². The van der Waals surface area contributed by atoms with Gasteiger partial charge >= 0.3 is 0 Å². The summed E-state index contributed by atoms with van der Waals surface area (Å²) in [6, 6.07) is 8.09. The van der Waals surface area contributed by atoms with E-state index < -0.39 is 16.6 Å². The SMILES string of the molecule is O=[N+]([O-])c1ccc(NCc2cccc(F)c2F)c(Br)c1. The number of hydrogen-bond donors (Lipinski definition) is 1. The monoisotopic (exact) mass is 342 g/mol. The number of rotatable bonds is 4. The number of nitrogens with one attached hydrogen (secondary N) is 1. The molecule has 0 aliphatic rings. The first-order valence-corrected chi connectivity index (χ1v) is 6.39. The molecule has 104 valence electrons. The third-order valence-electron chi connectivity index (χ3n) is 2.66. The molecule has 2 rings (SSSR count). The maximum Gasteiger partial charge on any atom is 0.270 e. The molecule has 0 fully saturated rings. The van der Waals surface area contributed by atoms with E-state index in [1.807, 2.05) is 0 Å². The Morgan fingerprint density at radius 1 is 1.25 bits per heavy atom. The van der Waals surface area contributed by atoms with Crippen LogP contribution in [0.1, 0.15) is 5.56 Å². The molecule has 0 aliphatic heterocycles. The summed E-state index contributed by atoms with van der Waals surface area (Å²) >= 11 is 3.19. The normalized spacial score (nSPS) is 10.3. The van der Waals surface area contributed by atoms with E-state index in [4.69, 9.17) is 0 Å². The van der Waals surface area contributed by atoms with Crippen molar-refractivity contribution in [3.05, 3.63) is 68.2 Å². The van der Waals surface area contributed by atoms with Crippen LogP contribution in [0, 0.1) is 21.7 Å². The molecular weight excluding hydrogens is 334 g/mol. The number of anilines is 1. The summed E-state index contributed by atoms with van der Waals surface area (Å²) in [7, 11) is 0. The van der Waals surface area contributed by atoms with Gasteiger partial charge in [0, 0.05) is 34.4 Å². The molecule has 7 heteroatoms. The lowest BCUT2D eigenvalue weighted by Gasteiger charge is -2.09. The van der Waals surface area contributed by atoms with Gasteiger partial charge in [0.15, 0.2) is 11.6 Å². The Balaban J connectivity index is 2.15. The van der Waals surface area contributed by atoms with Crippen molar-refractivity contribution in [1.82, 2.24) is 0 Å². The molecular formula is C13H9BrF2N2O2. The van der Waals surface area contributed by atoms with E-state index in [9.17, 15) is 18.9 Å². The van der Waals surface area contributed by atoms with E-state index in [-0.39, 0.29) is 17.8 Å². The molecule has 0 spiro atoms. The zero-order valence-corrected chi connectivity index (χ0v) is 11.7. The van der Waals surface area contributed by atoms with Gasteiger partial charge < -0.3 is 5.32 Å². The Hall–Kier alpha value is -2.02. The molecule has 0 unspecified atom stereocenters. The van der Waals surface area contributed by atoms with Crippen molar-refractivity contribution in [1.29, 1.82) is 0 Å². The molecule has 0 aliphatic carbocycles. The first-order chi connectivity index (χ1) is 9.49. The molecule has 2 aromatic carbocycles. The topological polar surface area (TPSA) is 55.2 Å². The van der Waals surface area contributed by atoms with Crippen LogP contribution < -0.4 is 5.32 Å². The van der Waals surface area contributed by atoms with Gasteiger partial charge in [0.05, 0.1) is 4.92 Å². The summed E-state index contributed by atoms with van der Waals surface area (Å²) in [5.74, 6) is -1.81. The van der Waals surface area contributed by atoms with E-state index in [0.29, 0.717) is 10.2 Å². The maximum absolute atomic E-state index is 13.5. The van der Waals surface area contributed by atoms with Crippen molar-refractivity contribution >= 4 is 27.3 Å². The predicted molar refractivity (Wildman–Crippen MR) is 74.5 cm³/mol. The van der Waals surface area contributed by atoms with Crippen LogP contribution in [-0.4, -0.2) is 4.92 Å². The minimum atomic E-state index is -0.910. The highest BCUT2D eigenvalue weighted by atomic mass is 79.9. The van der Waals surface area contributed by atoms with Crippen LogP contribution in [0.2, 0.25) is 0 Å².